The van der Waals surface area contributed by atoms with E-state index in [4.69, 9.17) is 0 Å². The summed E-state index contributed by atoms with van der Waals surface area (Å²) >= 11 is 3.54. The van der Waals surface area contributed by atoms with E-state index in [1.165, 1.54) is 0 Å². The molecule has 1 aliphatic rings. The van der Waals surface area contributed by atoms with Crippen molar-refractivity contribution in [3.63, 3.8) is 0 Å². The monoisotopic (exact) mass is 117 g/mol. The summed E-state index contributed by atoms with van der Waals surface area (Å²) in [6, 6.07) is 0. The second-order valence-electron chi connectivity index (χ2n) is 0.974. The molecule has 0 atom stereocenters. The molecule has 1 radical (unpaired) electrons. The van der Waals surface area contributed by atoms with E-state index in [1.54, 1.807) is 23.5 Å². The molecule has 0 aromatic rings. The Balaban J connectivity index is 2.32. The van der Waals surface area contributed by atoms with Crippen molar-refractivity contribution in [3.8, 4) is 0 Å². The third-order valence-corrected chi connectivity index (χ3v) is 2.55. The summed E-state index contributed by atoms with van der Waals surface area (Å²) in [5, 5.41) is 4.14. The molecule has 1 rings (SSSR count). The molecule has 0 spiro atoms. The molecule has 6 heavy (non-hydrogen) atoms. The molecule has 2 heteroatoms. The Bertz CT molecular complexity index is 59.9. The van der Waals surface area contributed by atoms with Crippen LogP contribution in [0, 0.1) is 6.92 Å². The molecule has 0 fully saturated rings. The molecule has 1 aliphatic heterocycles. The summed E-state index contributed by atoms with van der Waals surface area (Å²) in [5.41, 5.74) is 0. The van der Waals surface area contributed by atoms with Crippen LogP contribution in [0.25, 0.3) is 0 Å². The van der Waals surface area contributed by atoms with Gasteiger partial charge in [-0.05, 0) is 17.7 Å². The van der Waals surface area contributed by atoms with Gasteiger partial charge in [0.05, 0.1) is 4.58 Å². The lowest BCUT2D eigenvalue weighted by Gasteiger charge is -1.90. The van der Waals surface area contributed by atoms with E-state index in [0.717, 1.165) is 0 Å². The van der Waals surface area contributed by atoms with Crippen LogP contribution in [0.4, 0.5) is 0 Å². The van der Waals surface area contributed by atoms with E-state index in [-0.39, 0.29) is 0 Å². The van der Waals surface area contributed by atoms with Crippen LogP contribution in [0.2, 0.25) is 0 Å². The molecule has 33 valence electrons. The van der Waals surface area contributed by atoms with Crippen LogP contribution in [-0.2, 0) is 0 Å². The highest BCUT2D eigenvalue weighted by Crippen LogP contribution is 2.31. The lowest BCUT2D eigenvalue weighted by Crippen LogP contribution is -1.75. The number of hydrogen-bond donors (Lipinski definition) is 0. The molecule has 0 amide bonds. The predicted molar refractivity (Wildman–Crippen MR) is 33.5 cm³/mol. The first-order valence-corrected chi connectivity index (χ1v) is 3.57. The van der Waals surface area contributed by atoms with Crippen LogP contribution in [0.1, 0.15) is 0 Å². The molecule has 0 nitrogen and oxygen atoms in total. The van der Waals surface area contributed by atoms with Gasteiger partial charge in [-0.15, -0.1) is 23.5 Å². The summed E-state index contributed by atoms with van der Waals surface area (Å²) in [7, 11) is 0. The Morgan fingerprint density at radius 1 is 1.33 bits per heavy atom. The Labute approximate surface area is 46.4 Å². The van der Waals surface area contributed by atoms with Crippen molar-refractivity contribution >= 4 is 23.5 Å². The first-order valence-electron chi connectivity index (χ1n) is 1.68. The molecule has 0 aromatic heterocycles. The van der Waals surface area contributed by atoms with Crippen LogP contribution in [0.5, 0.6) is 0 Å². The summed E-state index contributed by atoms with van der Waals surface area (Å²) in [6.45, 7) is 3.80. The highest BCUT2D eigenvalue weighted by atomic mass is 32.2. The van der Waals surface area contributed by atoms with Gasteiger partial charge in [-0.2, -0.15) is 0 Å². The molecule has 0 N–H and O–H groups in total. The van der Waals surface area contributed by atoms with Crippen molar-refractivity contribution < 1.29 is 0 Å². The van der Waals surface area contributed by atoms with Gasteiger partial charge in [-0.25, -0.2) is 0 Å². The fourth-order valence-corrected chi connectivity index (χ4v) is 1.78. The maximum absolute atomic E-state index is 3.80. The maximum Gasteiger partial charge on any atom is 0.0586 e. The topological polar surface area (TPSA) is 0 Å². The average molecular weight is 117 g/mol. The summed E-state index contributed by atoms with van der Waals surface area (Å²) < 4.78 is 0.519. The van der Waals surface area contributed by atoms with Crippen molar-refractivity contribution in [2.75, 3.05) is 0 Å². The zero-order chi connectivity index (χ0) is 4.41. The minimum absolute atomic E-state index is 0.519. The second kappa shape index (κ2) is 1.94. The van der Waals surface area contributed by atoms with Gasteiger partial charge in [0.2, 0.25) is 0 Å². The molecule has 0 aliphatic carbocycles. The van der Waals surface area contributed by atoms with Gasteiger partial charge in [-0.3, -0.25) is 0 Å². The fourth-order valence-electron chi connectivity index (χ4n) is 0.271. The quantitative estimate of drug-likeness (QED) is 0.476. The Morgan fingerprint density at radius 3 is 2.00 bits per heavy atom. The van der Waals surface area contributed by atoms with E-state index < -0.39 is 0 Å². The highest BCUT2D eigenvalue weighted by molar-refractivity contribution is 8.22. The zero-order valence-electron chi connectivity index (χ0n) is 3.26. The number of rotatable bonds is 0. The lowest BCUT2D eigenvalue weighted by molar-refractivity contribution is 1.71. The molecule has 1 heterocycles. The van der Waals surface area contributed by atoms with E-state index in [1.807, 2.05) is 0 Å². The number of hydrogen-bond acceptors (Lipinski definition) is 2. The van der Waals surface area contributed by atoms with E-state index in [0.29, 0.717) is 4.58 Å². The minimum Gasteiger partial charge on any atom is -0.119 e. The van der Waals surface area contributed by atoms with Crippen molar-refractivity contribution in [2.24, 2.45) is 0 Å². The molecular weight excluding hydrogens is 112 g/mol. The maximum atomic E-state index is 3.80. The molecule has 0 aromatic carbocycles. The molecule has 0 saturated carbocycles. The van der Waals surface area contributed by atoms with Crippen LogP contribution in [0.3, 0.4) is 0 Å². The largest absolute Gasteiger partial charge is 0.119 e. The smallest absolute Gasteiger partial charge is 0.0586 e. The SMILES string of the molecule is [CH2]C1SC=CS1. The summed E-state index contributed by atoms with van der Waals surface area (Å²) in [6.07, 6.45) is 0. The van der Waals surface area contributed by atoms with Gasteiger partial charge >= 0.3 is 0 Å². The summed E-state index contributed by atoms with van der Waals surface area (Å²) in [5.74, 6) is 0. The molecular formula is C4H5S2. The van der Waals surface area contributed by atoms with Crippen LogP contribution >= 0.6 is 23.5 Å². The van der Waals surface area contributed by atoms with E-state index in [2.05, 4.69) is 17.7 Å². The lowest BCUT2D eigenvalue weighted by atomic mass is 11.0. The van der Waals surface area contributed by atoms with Crippen molar-refractivity contribution in [3.05, 3.63) is 17.7 Å². The van der Waals surface area contributed by atoms with Gasteiger partial charge in [-0.1, -0.05) is 0 Å². The Hall–Kier alpha value is 0.440. The fraction of sp³-hybridized carbons (Fsp3) is 0.250. The minimum atomic E-state index is 0.519. The van der Waals surface area contributed by atoms with E-state index in [9.17, 15) is 0 Å². The third kappa shape index (κ3) is 0.949. The Kier molecular flexibility index (Phi) is 1.48. The highest BCUT2D eigenvalue weighted by Gasteiger charge is 2.01. The van der Waals surface area contributed by atoms with Gasteiger partial charge in [0.15, 0.2) is 0 Å². The molecule has 0 unspecified atom stereocenters. The molecule has 0 bridgehead atoms. The van der Waals surface area contributed by atoms with Crippen molar-refractivity contribution in [1.82, 2.24) is 0 Å². The van der Waals surface area contributed by atoms with Gasteiger partial charge in [0, 0.05) is 0 Å². The summed E-state index contributed by atoms with van der Waals surface area (Å²) in [4.78, 5) is 0. The third-order valence-electron chi connectivity index (χ3n) is 0.516. The first-order chi connectivity index (χ1) is 2.89. The van der Waals surface area contributed by atoms with Crippen LogP contribution in [-0.4, -0.2) is 4.58 Å². The first kappa shape index (κ1) is 4.60. The normalized spacial score (nSPS) is 22.8. The van der Waals surface area contributed by atoms with E-state index >= 15 is 0 Å². The standard InChI is InChI=1S/C4H5S2/c1-4-5-2-3-6-4/h2-4H,1H2. The van der Waals surface area contributed by atoms with Crippen LogP contribution < -0.4 is 0 Å². The average Bonchev–Trinajstić information content (AvgIpc) is 1.86. The van der Waals surface area contributed by atoms with Gasteiger partial charge in [0.1, 0.15) is 0 Å². The van der Waals surface area contributed by atoms with Crippen molar-refractivity contribution in [1.29, 1.82) is 0 Å². The van der Waals surface area contributed by atoms with Gasteiger partial charge in [0.25, 0.3) is 0 Å². The Morgan fingerprint density at radius 2 is 1.83 bits per heavy atom. The zero-order valence-corrected chi connectivity index (χ0v) is 4.89. The van der Waals surface area contributed by atoms with Crippen LogP contribution in [0.15, 0.2) is 10.8 Å². The predicted octanol–water partition coefficient (Wildman–Crippen LogP) is 2.10. The van der Waals surface area contributed by atoms with Crippen molar-refractivity contribution in [2.45, 2.75) is 4.58 Å². The molecule has 0 saturated heterocycles. The van der Waals surface area contributed by atoms with Gasteiger partial charge < -0.3 is 0 Å². The second-order valence-corrected chi connectivity index (χ2v) is 3.50. The number of thioether (sulfide) groups is 2.